The van der Waals surface area contributed by atoms with Crippen LogP contribution in [-0.2, 0) is 23.7 Å². The van der Waals surface area contributed by atoms with E-state index < -0.39 is 5.97 Å². The summed E-state index contributed by atoms with van der Waals surface area (Å²) in [6.45, 7) is 7.23. The van der Waals surface area contributed by atoms with Crippen molar-refractivity contribution in [3.63, 3.8) is 0 Å². The van der Waals surface area contributed by atoms with Gasteiger partial charge in [0.25, 0.3) is 0 Å². The highest BCUT2D eigenvalue weighted by Gasteiger charge is 2.14. The van der Waals surface area contributed by atoms with E-state index in [0.29, 0.717) is 38.6 Å². The zero-order valence-electron chi connectivity index (χ0n) is 29.6. The van der Waals surface area contributed by atoms with Crippen LogP contribution in [0.5, 0.6) is 0 Å². The van der Waals surface area contributed by atoms with Crippen molar-refractivity contribution in [3.8, 4) is 22.8 Å². The summed E-state index contributed by atoms with van der Waals surface area (Å²) >= 11 is 12.4. The number of rotatable bonds is 13. The molecule has 7 rings (SSSR count). The number of fused-ring (bicyclic) bond motifs is 2. The van der Waals surface area contributed by atoms with Crippen LogP contribution in [-0.4, -0.2) is 78.6 Å². The van der Waals surface area contributed by atoms with E-state index in [2.05, 4.69) is 45.7 Å². The van der Waals surface area contributed by atoms with E-state index in [1.54, 1.807) is 21.4 Å². The van der Waals surface area contributed by atoms with Crippen molar-refractivity contribution in [2.75, 3.05) is 37.7 Å². The molecule has 3 aromatic carbocycles. The number of esters is 2. The second-order valence-electron chi connectivity index (χ2n) is 11.8. The number of H-pyrrole nitrogens is 2. The Balaban J connectivity index is 0.000000189. The maximum atomic E-state index is 11.9. The molecule has 0 aliphatic heterocycles. The van der Waals surface area contributed by atoms with Gasteiger partial charge in [-0.1, -0.05) is 40.9 Å². The molecule has 4 aromatic heterocycles. The molecule has 0 saturated carbocycles. The van der Waals surface area contributed by atoms with Crippen LogP contribution in [0.15, 0.2) is 72.8 Å². The molecule has 54 heavy (non-hydrogen) atoms. The van der Waals surface area contributed by atoms with Crippen LogP contribution in [0.1, 0.15) is 34.2 Å². The molecule has 0 aliphatic carbocycles. The number of nitrogens with zero attached hydrogens (tertiary/aromatic N) is 6. The van der Waals surface area contributed by atoms with Gasteiger partial charge in [-0.25, -0.2) is 14.8 Å². The van der Waals surface area contributed by atoms with Gasteiger partial charge in [-0.3, -0.25) is 15.0 Å². The van der Waals surface area contributed by atoms with Crippen molar-refractivity contribution in [1.29, 1.82) is 0 Å². The Hall–Kier alpha value is -5.94. The number of hydrogen-bond acceptors (Lipinski definition) is 12. The predicted molar refractivity (Wildman–Crippen MR) is 202 cm³/mol. The van der Waals surface area contributed by atoms with Gasteiger partial charge in [-0.05, 0) is 81.4 Å². The van der Waals surface area contributed by atoms with Gasteiger partial charge in [-0.2, -0.15) is 9.26 Å². The van der Waals surface area contributed by atoms with E-state index in [9.17, 15) is 9.59 Å². The molecule has 18 heteroatoms. The van der Waals surface area contributed by atoms with Crippen LogP contribution in [0.2, 0.25) is 10.0 Å². The highest BCUT2D eigenvalue weighted by Crippen LogP contribution is 2.25. The van der Waals surface area contributed by atoms with Crippen LogP contribution in [0.25, 0.3) is 34.1 Å². The number of aromatic amines is 2. The fourth-order valence-electron chi connectivity index (χ4n) is 4.88. The third-order valence-electron chi connectivity index (χ3n) is 7.76. The van der Waals surface area contributed by atoms with E-state index in [4.69, 9.17) is 37.4 Å². The third kappa shape index (κ3) is 9.34. The number of benzene rings is 3. The topological polar surface area (TPSA) is 187 Å². The monoisotopic (exact) mass is 774 g/mol. The molecule has 7 aromatic rings. The molecule has 0 bridgehead atoms. The second kappa shape index (κ2) is 17.3. The fourth-order valence-corrected chi connectivity index (χ4v) is 5.21. The first-order valence-corrected chi connectivity index (χ1v) is 17.2. The molecule has 0 amide bonds. The Labute approximate surface area is 318 Å². The highest BCUT2D eigenvalue weighted by molar-refractivity contribution is 6.34. The number of carbonyl (C=O) groups excluding carboxylic acids is 2. The number of carbonyl (C=O) groups is 2. The molecular formula is C36H36Cl2N10O6. The molecule has 0 unspecified atom stereocenters. The number of hydrogen-bond donors (Lipinski definition) is 4. The van der Waals surface area contributed by atoms with Crippen LogP contribution in [0, 0.1) is 20.8 Å². The zero-order valence-corrected chi connectivity index (χ0v) is 31.2. The lowest BCUT2D eigenvalue weighted by atomic mass is 10.2. The van der Waals surface area contributed by atoms with Crippen LogP contribution in [0.4, 0.5) is 11.4 Å². The number of aromatic nitrogens is 8. The van der Waals surface area contributed by atoms with E-state index in [0.717, 1.165) is 39.5 Å². The van der Waals surface area contributed by atoms with Gasteiger partial charge in [0.15, 0.2) is 36.5 Å². The number of ether oxygens (including phenoxy) is 4. The molecule has 0 saturated heterocycles. The molecular weight excluding hydrogens is 739 g/mol. The maximum absolute atomic E-state index is 11.9. The zero-order chi connectivity index (χ0) is 38.2. The fraction of sp³-hybridized carbons (Fsp3) is 0.222. The van der Waals surface area contributed by atoms with Crippen molar-refractivity contribution < 1.29 is 28.5 Å². The van der Waals surface area contributed by atoms with Gasteiger partial charge in [0.05, 0.1) is 17.0 Å². The van der Waals surface area contributed by atoms with E-state index in [1.165, 1.54) is 6.92 Å². The van der Waals surface area contributed by atoms with E-state index in [-0.39, 0.29) is 33.0 Å². The lowest BCUT2D eigenvalue weighted by Gasteiger charge is -2.09. The largest absolute Gasteiger partial charge is 0.439 e. The SMILES string of the molecule is CC(=O)OCOCNc1ccc(-c2nc3c(Cl)c(C)[nH]n3n2)cc1.Cc1ccc(C(=O)OCOCNc2ccc(-c3nc4c(Cl)c(C)[nH]n4n3)cc2)cc1. The Bertz CT molecular complexity index is 2350. The van der Waals surface area contributed by atoms with Crippen molar-refractivity contribution in [2.45, 2.75) is 27.7 Å². The number of halogens is 2. The van der Waals surface area contributed by atoms with Crippen LogP contribution >= 0.6 is 23.2 Å². The van der Waals surface area contributed by atoms with Crippen molar-refractivity contribution in [2.24, 2.45) is 0 Å². The molecule has 4 heterocycles. The Kier molecular flexibility index (Phi) is 12.1. The summed E-state index contributed by atoms with van der Waals surface area (Å²) in [4.78, 5) is 31.4. The Morgan fingerprint density at radius 3 is 1.54 bits per heavy atom. The molecule has 280 valence electrons. The third-order valence-corrected chi connectivity index (χ3v) is 8.67. The average molecular weight is 776 g/mol. The number of nitrogens with one attached hydrogen (secondary N) is 4. The minimum atomic E-state index is -0.418. The summed E-state index contributed by atoms with van der Waals surface area (Å²) in [5.41, 5.74) is 7.86. The Morgan fingerprint density at radius 1 is 0.667 bits per heavy atom. The highest BCUT2D eigenvalue weighted by atomic mass is 35.5. The Morgan fingerprint density at radius 2 is 1.11 bits per heavy atom. The minimum absolute atomic E-state index is 0.0781. The molecule has 0 spiro atoms. The summed E-state index contributed by atoms with van der Waals surface area (Å²) in [6.07, 6.45) is 0. The smallest absolute Gasteiger partial charge is 0.340 e. The van der Waals surface area contributed by atoms with Gasteiger partial charge >= 0.3 is 11.9 Å². The molecule has 0 radical (unpaired) electrons. The van der Waals surface area contributed by atoms with Gasteiger partial charge < -0.3 is 29.6 Å². The lowest BCUT2D eigenvalue weighted by molar-refractivity contribution is -0.152. The van der Waals surface area contributed by atoms with Gasteiger partial charge in [0.1, 0.15) is 23.5 Å². The maximum Gasteiger partial charge on any atom is 0.340 e. The number of aryl methyl sites for hydroxylation is 3. The van der Waals surface area contributed by atoms with Crippen molar-refractivity contribution in [1.82, 2.24) is 39.6 Å². The summed E-state index contributed by atoms with van der Waals surface area (Å²) in [5.74, 6) is 0.367. The first-order chi connectivity index (χ1) is 26.0. The quantitative estimate of drug-likeness (QED) is 0.0547. The molecule has 0 fully saturated rings. The first kappa shape index (κ1) is 37.8. The molecule has 0 atom stereocenters. The molecule has 4 N–H and O–H groups in total. The number of anilines is 2. The van der Waals surface area contributed by atoms with Gasteiger partial charge in [0, 0.05) is 29.4 Å². The normalized spacial score (nSPS) is 11.0. The minimum Gasteiger partial charge on any atom is -0.439 e. The van der Waals surface area contributed by atoms with Gasteiger partial charge in [0.2, 0.25) is 0 Å². The standard InChI is InChI=1S/C21H20ClN5O3.C15H16ClN5O3/c1-13-3-5-16(6-4-13)21(28)30-12-29-11-23-17-9-7-15(8-10-17)19-24-20-18(22)14(2)25-27(20)26-19;1-9-13(16)15-18-14(20-21(15)19-9)11-3-5-12(6-4-11)17-7-23-8-24-10(2)22/h3-10,23,25H,11-12H2,1-2H3;3-6,17,19H,7-8H2,1-2H3. The average Bonchev–Trinajstić information content (AvgIpc) is 3.91. The van der Waals surface area contributed by atoms with Gasteiger partial charge in [-0.15, -0.1) is 10.2 Å². The summed E-state index contributed by atoms with van der Waals surface area (Å²) in [5, 5.41) is 22.1. The summed E-state index contributed by atoms with van der Waals surface area (Å²) in [7, 11) is 0. The first-order valence-electron chi connectivity index (χ1n) is 16.5. The van der Waals surface area contributed by atoms with Crippen LogP contribution in [0.3, 0.4) is 0 Å². The van der Waals surface area contributed by atoms with Crippen molar-refractivity contribution in [3.05, 3.63) is 105 Å². The predicted octanol–water partition coefficient (Wildman–Crippen LogP) is 6.79. The van der Waals surface area contributed by atoms with E-state index in [1.807, 2.05) is 81.4 Å². The molecule has 0 aliphatic rings. The molecule has 16 nitrogen and oxygen atoms in total. The summed E-state index contributed by atoms with van der Waals surface area (Å²) in [6, 6.07) is 22.3. The summed E-state index contributed by atoms with van der Waals surface area (Å²) < 4.78 is 23.3. The van der Waals surface area contributed by atoms with E-state index >= 15 is 0 Å². The van der Waals surface area contributed by atoms with Crippen molar-refractivity contribution >= 4 is 57.8 Å². The van der Waals surface area contributed by atoms with Crippen LogP contribution < -0.4 is 10.6 Å². The second-order valence-corrected chi connectivity index (χ2v) is 12.6. The lowest BCUT2D eigenvalue weighted by Crippen LogP contribution is -2.13.